The van der Waals surface area contributed by atoms with Crippen molar-refractivity contribution in [1.82, 2.24) is 4.83 Å². The lowest BCUT2D eigenvalue weighted by Crippen LogP contribution is -2.41. The number of fused-ring (bicyclic) bond motifs is 1. The minimum atomic E-state index is -3.61. The molecule has 23 heavy (non-hydrogen) atoms. The van der Waals surface area contributed by atoms with Crippen LogP contribution in [0.3, 0.4) is 0 Å². The maximum absolute atomic E-state index is 12.3. The largest absolute Gasteiger partial charge is 0.294 e. The summed E-state index contributed by atoms with van der Waals surface area (Å²) in [6.45, 7) is 2.74. The highest BCUT2D eigenvalue weighted by Gasteiger charge is 2.18. The van der Waals surface area contributed by atoms with Crippen LogP contribution in [0.25, 0.3) is 10.9 Å². The van der Waals surface area contributed by atoms with E-state index in [0.29, 0.717) is 5.82 Å². The van der Waals surface area contributed by atoms with Crippen LogP contribution >= 0.6 is 0 Å². The van der Waals surface area contributed by atoms with Crippen LogP contribution in [0.4, 0.5) is 5.82 Å². The molecule has 0 aliphatic rings. The highest BCUT2D eigenvalue weighted by atomic mass is 32.2. The number of rotatable bonds is 5. The minimum absolute atomic E-state index is 0.219. The number of nitrogens with zero attached hydrogens (tertiary/aromatic N) is 1. The predicted octanol–water partition coefficient (Wildman–Crippen LogP) is 2.45. The Bertz CT molecular complexity index is 925. The zero-order chi connectivity index (χ0) is 16.3. The van der Waals surface area contributed by atoms with Crippen molar-refractivity contribution < 1.29 is 13.0 Å². The Morgan fingerprint density at radius 2 is 1.61 bits per heavy atom. The van der Waals surface area contributed by atoms with Gasteiger partial charge in [0.25, 0.3) is 15.8 Å². The van der Waals surface area contributed by atoms with Crippen LogP contribution in [0.2, 0.25) is 0 Å². The summed E-state index contributed by atoms with van der Waals surface area (Å²) >= 11 is 0. The van der Waals surface area contributed by atoms with Crippen molar-refractivity contribution >= 4 is 26.7 Å². The van der Waals surface area contributed by atoms with Crippen LogP contribution in [-0.4, -0.2) is 8.42 Å². The van der Waals surface area contributed by atoms with Crippen molar-refractivity contribution in [2.24, 2.45) is 0 Å². The Kier molecular flexibility index (Phi) is 4.27. The fourth-order valence-corrected chi connectivity index (χ4v) is 3.36. The van der Waals surface area contributed by atoms with Gasteiger partial charge in [-0.05, 0) is 31.2 Å². The molecule has 5 nitrogen and oxygen atoms in total. The second kappa shape index (κ2) is 6.36. The van der Waals surface area contributed by atoms with Crippen LogP contribution in [0, 0.1) is 0 Å². The lowest BCUT2D eigenvalue weighted by atomic mass is 10.2. The molecule has 3 rings (SSSR count). The highest BCUT2D eigenvalue weighted by Crippen LogP contribution is 2.13. The quantitative estimate of drug-likeness (QED) is 0.559. The molecule has 0 radical (unpaired) electrons. The molecule has 0 aliphatic heterocycles. The molecule has 118 valence electrons. The van der Waals surface area contributed by atoms with Gasteiger partial charge in [-0.1, -0.05) is 41.2 Å². The molecule has 0 saturated heterocycles. The molecular formula is C17H18N3O2S+. The number of pyridine rings is 1. The molecule has 6 heteroatoms. The maximum atomic E-state index is 12.3. The fraction of sp³-hybridized carbons (Fsp3) is 0.118. The summed E-state index contributed by atoms with van der Waals surface area (Å²) in [7, 11) is -3.61. The maximum Gasteiger partial charge on any atom is 0.294 e. The Morgan fingerprint density at radius 1 is 0.913 bits per heavy atom. The van der Waals surface area contributed by atoms with E-state index in [1.54, 1.807) is 30.3 Å². The van der Waals surface area contributed by atoms with Gasteiger partial charge in [-0.25, -0.2) is 13.0 Å². The standard InChI is InChI=1S/C17H17N3O2S/c1-2-20-16-11-7-6-8-14(16)12-13-17(20)18-19-23(21,22)15-9-4-3-5-10-15/h3-13,19H,2H2,1H3/p+1. The van der Waals surface area contributed by atoms with Crippen LogP contribution in [0.15, 0.2) is 71.6 Å². The van der Waals surface area contributed by atoms with Crippen molar-refractivity contribution in [2.75, 3.05) is 5.43 Å². The van der Waals surface area contributed by atoms with Gasteiger partial charge >= 0.3 is 0 Å². The number of benzene rings is 2. The Hall–Kier alpha value is -2.44. The number of aromatic nitrogens is 1. The fourth-order valence-electron chi connectivity index (χ4n) is 2.49. The van der Waals surface area contributed by atoms with Crippen LogP contribution < -0.4 is 14.8 Å². The van der Waals surface area contributed by atoms with E-state index in [4.69, 9.17) is 0 Å². The highest BCUT2D eigenvalue weighted by molar-refractivity contribution is 7.89. The molecule has 0 saturated carbocycles. The molecule has 0 aliphatic carbocycles. The zero-order valence-electron chi connectivity index (χ0n) is 12.7. The lowest BCUT2D eigenvalue weighted by molar-refractivity contribution is -0.653. The molecule has 0 fully saturated rings. The van der Waals surface area contributed by atoms with Gasteiger partial charge in [0, 0.05) is 11.5 Å². The number of nitrogens with one attached hydrogen (secondary N) is 2. The van der Waals surface area contributed by atoms with Crippen LogP contribution in [0.1, 0.15) is 6.92 Å². The van der Waals surface area contributed by atoms with E-state index in [-0.39, 0.29) is 4.90 Å². The van der Waals surface area contributed by atoms with Gasteiger partial charge in [0.05, 0.1) is 11.4 Å². The predicted molar refractivity (Wildman–Crippen MR) is 90.2 cm³/mol. The number of sulfonamides is 1. The lowest BCUT2D eigenvalue weighted by Gasteiger charge is -2.09. The summed E-state index contributed by atoms with van der Waals surface area (Å²) in [6, 6.07) is 20.1. The summed E-state index contributed by atoms with van der Waals surface area (Å²) < 4.78 is 26.6. The van der Waals surface area contributed by atoms with E-state index in [0.717, 1.165) is 17.4 Å². The summed E-state index contributed by atoms with van der Waals surface area (Å²) in [5.74, 6) is 0.686. The SMILES string of the molecule is CC[n+]1c(NNS(=O)(=O)c2ccccc2)ccc2ccccc21. The summed E-state index contributed by atoms with van der Waals surface area (Å²) in [6.07, 6.45) is 0. The number of anilines is 1. The van der Waals surface area contributed by atoms with Crippen LogP contribution in [-0.2, 0) is 16.6 Å². The summed E-state index contributed by atoms with van der Waals surface area (Å²) in [5, 5.41) is 1.10. The third-order valence-corrected chi connectivity index (χ3v) is 4.89. The number of aryl methyl sites for hydroxylation is 1. The van der Waals surface area contributed by atoms with Gasteiger partial charge in [0.1, 0.15) is 5.52 Å². The molecule has 0 atom stereocenters. The van der Waals surface area contributed by atoms with E-state index < -0.39 is 10.0 Å². The molecule has 0 bridgehead atoms. The Balaban J connectivity index is 1.90. The first-order valence-electron chi connectivity index (χ1n) is 7.36. The first kappa shape index (κ1) is 15.5. The Morgan fingerprint density at radius 3 is 2.35 bits per heavy atom. The smallest absolute Gasteiger partial charge is 0.226 e. The van der Waals surface area contributed by atoms with Crippen molar-refractivity contribution in [3.05, 3.63) is 66.7 Å². The number of para-hydroxylation sites is 1. The van der Waals surface area contributed by atoms with E-state index in [2.05, 4.69) is 10.3 Å². The average Bonchev–Trinajstić information content (AvgIpc) is 2.60. The van der Waals surface area contributed by atoms with Crippen molar-refractivity contribution in [2.45, 2.75) is 18.4 Å². The molecule has 2 N–H and O–H groups in total. The van der Waals surface area contributed by atoms with Crippen molar-refractivity contribution in [1.29, 1.82) is 0 Å². The molecule has 0 unspecified atom stereocenters. The van der Waals surface area contributed by atoms with Crippen LogP contribution in [0.5, 0.6) is 0 Å². The second-order valence-corrected chi connectivity index (χ2v) is 6.75. The van der Waals surface area contributed by atoms with E-state index in [9.17, 15) is 8.42 Å². The summed E-state index contributed by atoms with van der Waals surface area (Å²) in [4.78, 5) is 2.65. The van der Waals surface area contributed by atoms with Gasteiger partial charge in [-0.2, -0.15) is 5.43 Å². The molecule has 3 aromatic rings. The molecule has 0 amide bonds. The molecular weight excluding hydrogens is 310 g/mol. The summed E-state index contributed by atoms with van der Waals surface area (Å²) in [5.41, 5.74) is 3.86. The third-order valence-electron chi connectivity index (χ3n) is 3.62. The Labute approximate surface area is 135 Å². The van der Waals surface area contributed by atoms with E-state index in [1.807, 2.05) is 47.9 Å². The van der Waals surface area contributed by atoms with Crippen molar-refractivity contribution in [3.63, 3.8) is 0 Å². The molecule has 2 aromatic carbocycles. The number of hydrazine groups is 1. The average molecular weight is 328 g/mol. The van der Waals surface area contributed by atoms with Gasteiger partial charge in [-0.3, -0.25) is 0 Å². The van der Waals surface area contributed by atoms with Gasteiger partial charge in [0.2, 0.25) is 0 Å². The first-order valence-corrected chi connectivity index (χ1v) is 8.84. The minimum Gasteiger partial charge on any atom is -0.226 e. The zero-order valence-corrected chi connectivity index (χ0v) is 13.5. The molecule has 0 spiro atoms. The van der Waals surface area contributed by atoms with Gasteiger partial charge in [-0.15, -0.1) is 0 Å². The third kappa shape index (κ3) is 3.18. The topological polar surface area (TPSA) is 62.1 Å². The number of hydrogen-bond donors (Lipinski definition) is 2. The molecule has 1 heterocycles. The monoisotopic (exact) mass is 328 g/mol. The van der Waals surface area contributed by atoms with E-state index >= 15 is 0 Å². The number of hydrogen-bond acceptors (Lipinski definition) is 3. The normalized spacial score (nSPS) is 11.5. The van der Waals surface area contributed by atoms with Gasteiger partial charge < -0.3 is 0 Å². The first-order chi connectivity index (χ1) is 11.1. The van der Waals surface area contributed by atoms with Gasteiger partial charge in [0.15, 0.2) is 0 Å². The van der Waals surface area contributed by atoms with E-state index in [1.165, 1.54) is 0 Å². The van der Waals surface area contributed by atoms with Crippen molar-refractivity contribution in [3.8, 4) is 0 Å². The second-order valence-electron chi connectivity index (χ2n) is 5.07. The molecule has 1 aromatic heterocycles.